The van der Waals surface area contributed by atoms with Gasteiger partial charge in [0.15, 0.2) is 5.82 Å². The highest BCUT2D eigenvalue weighted by molar-refractivity contribution is 5.91. The molecule has 3 rings (SSSR count). The molecule has 1 saturated heterocycles. The standard InChI is InChI=1S/C17H22N4O/c1-14-4-3-5-15(12-14)13-21-7-6-18-16(21)17(22)20-10-8-19(2)9-11-20/h3-7,12H,8-11,13H2,1-2H3. The van der Waals surface area contributed by atoms with Gasteiger partial charge >= 0.3 is 0 Å². The second-order valence-electron chi connectivity index (χ2n) is 5.96. The number of aryl methyl sites for hydroxylation is 1. The first-order valence-electron chi connectivity index (χ1n) is 7.68. The normalized spacial score (nSPS) is 16.0. The van der Waals surface area contributed by atoms with Crippen molar-refractivity contribution >= 4 is 5.91 Å². The number of amides is 1. The van der Waals surface area contributed by atoms with Crippen molar-refractivity contribution < 1.29 is 4.79 Å². The Hall–Kier alpha value is -2.14. The molecule has 0 saturated carbocycles. The lowest BCUT2D eigenvalue weighted by atomic mass is 10.1. The fraction of sp³-hybridized carbons (Fsp3) is 0.412. The summed E-state index contributed by atoms with van der Waals surface area (Å²) in [4.78, 5) is 21.1. The van der Waals surface area contributed by atoms with Gasteiger partial charge in [0, 0.05) is 45.1 Å². The zero-order valence-corrected chi connectivity index (χ0v) is 13.2. The van der Waals surface area contributed by atoms with Gasteiger partial charge in [-0.05, 0) is 19.5 Å². The monoisotopic (exact) mass is 298 g/mol. The lowest BCUT2D eigenvalue weighted by Crippen LogP contribution is -2.47. The number of benzene rings is 1. The van der Waals surface area contributed by atoms with E-state index in [1.54, 1.807) is 6.20 Å². The minimum absolute atomic E-state index is 0.0331. The molecule has 1 amide bonds. The summed E-state index contributed by atoms with van der Waals surface area (Å²) >= 11 is 0. The number of aromatic nitrogens is 2. The zero-order valence-electron chi connectivity index (χ0n) is 13.2. The summed E-state index contributed by atoms with van der Waals surface area (Å²) in [7, 11) is 2.08. The summed E-state index contributed by atoms with van der Waals surface area (Å²) in [6.45, 7) is 6.14. The van der Waals surface area contributed by atoms with Crippen LogP contribution in [0.1, 0.15) is 21.7 Å². The first kappa shape index (κ1) is 14.8. The second kappa shape index (κ2) is 6.32. The van der Waals surface area contributed by atoms with Crippen LogP contribution >= 0.6 is 0 Å². The molecule has 5 nitrogen and oxygen atoms in total. The fourth-order valence-corrected chi connectivity index (χ4v) is 2.79. The molecule has 0 radical (unpaired) electrons. The summed E-state index contributed by atoms with van der Waals surface area (Å²) in [5, 5.41) is 0. The van der Waals surface area contributed by atoms with E-state index in [9.17, 15) is 4.79 Å². The van der Waals surface area contributed by atoms with E-state index >= 15 is 0 Å². The van der Waals surface area contributed by atoms with Crippen molar-refractivity contribution in [2.24, 2.45) is 0 Å². The summed E-state index contributed by atoms with van der Waals surface area (Å²) in [5.74, 6) is 0.566. The van der Waals surface area contributed by atoms with Crippen molar-refractivity contribution in [3.8, 4) is 0 Å². The van der Waals surface area contributed by atoms with E-state index in [2.05, 4.69) is 42.1 Å². The van der Waals surface area contributed by atoms with Gasteiger partial charge in [0.1, 0.15) is 0 Å². The van der Waals surface area contributed by atoms with E-state index in [1.807, 2.05) is 21.7 Å². The van der Waals surface area contributed by atoms with Crippen molar-refractivity contribution in [3.63, 3.8) is 0 Å². The van der Waals surface area contributed by atoms with Gasteiger partial charge in [0.05, 0.1) is 0 Å². The van der Waals surface area contributed by atoms with Crippen molar-refractivity contribution in [1.82, 2.24) is 19.4 Å². The first-order valence-corrected chi connectivity index (χ1v) is 7.68. The van der Waals surface area contributed by atoms with Crippen molar-refractivity contribution in [3.05, 3.63) is 53.6 Å². The van der Waals surface area contributed by atoms with Gasteiger partial charge in [-0.2, -0.15) is 0 Å². The van der Waals surface area contributed by atoms with Crippen molar-refractivity contribution in [2.45, 2.75) is 13.5 Å². The molecule has 0 aliphatic carbocycles. The van der Waals surface area contributed by atoms with Crippen LogP contribution in [0.4, 0.5) is 0 Å². The van der Waals surface area contributed by atoms with E-state index in [1.165, 1.54) is 11.1 Å². The van der Waals surface area contributed by atoms with Crippen LogP contribution in [-0.2, 0) is 6.54 Å². The molecule has 1 fully saturated rings. The highest BCUT2D eigenvalue weighted by atomic mass is 16.2. The van der Waals surface area contributed by atoms with E-state index in [0.29, 0.717) is 12.4 Å². The third-order valence-corrected chi connectivity index (χ3v) is 4.13. The largest absolute Gasteiger partial charge is 0.333 e. The lowest BCUT2D eigenvalue weighted by Gasteiger charge is -2.32. The molecule has 1 aromatic heterocycles. The van der Waals surface area contributed by atoms with Crippen LogP contribution in [-0.4, -0.2) is 58.5 Å². The molecule has 1 aliphatic heterocycles. The highest BCUT2D eigenvalue weighted by Gasteiger charge is 2.23. The van der Waals surface area contributed by atoms with Gasteiger partial charge < -0.3 is 14.4 Å². The summed E-state index contributed by atoms with van der Waals surface area (Å²) in [6.07, 6.45) is 3.59. The quantitative estimate of drug-likeness (QED) is 0.865. The second-order valence-corrected chi connectivity index (χ2v) is 5.96. The molecule has 0 bridgehead atoms. The Bertz CT molecular complexity index is 656. The number of piperazine rings is 1. The number of hydrogen-bond acceptors (Lipinski definition) is 3. The molecule has 1 aliphatic rings. The number of hydrogen-bond donors (Lipinski definition) is 0. The smallest absolute Gasteiger partial charge is 0.289 e. The Morgan fingerprint density at radius 3 is 2.73 bits per heavy atom. The Balaban J connectivity index is 1.75. The Labute approximate surface area is 131 Å². The van der Waals surface area contributed by atoms with Crippen LogP contribution in [0, 0.1) is 6.92 Å². The van der Waals surface area contributed by atoms with Crippen LogP contribution in [0.2, 0.25) is 0 Å². The molecule has 5 heteroatoms. The average Bonchev–Trinajstić information content (AvgIpc) is 2.95. The van der Waals surface area contributed by atoms with Crippen molar-refractivity contribution in [1.29, 1.82) is 0 Å². The Kier molecular flexibility index (Phi) is 4.24. The molecule has 22 heavy (non-hydrogen) atoms. The third-order valence-electron chi connectivity index (χ3n) is 4.13. The maximum Gasteiger partial charge on any atom is 0.289 e. The molecular weight excluding hydrogens is 276 g/mol. The topological polar surface area (TPSA) is 41.4 Å². The van der Waals surface area contributed by atoms with Gasteiger partial charge in [0.2, 0.25) is 0 Å². The lowest BCUT2D eigenvalue weighted by molar-refractivity contribution is 0.0647. The maximum atomic E-state index is 12.7. The highest BCUT2D eigenvalue weighted by Crippen LogP contribution is 2.11. The first-order chi connectivity index (χ1) is 10.6. The van der Waals surface area contributed by atoms with E-state index in [0.717, 1.165) is 26.2 Å². The number of carbonyl (C=O) groups is 1. The minimum atomic E-state index is 0.0331. The van der Waals surface area contributed by atoms with Crippen LogP contribution < -0.4 is 0 Å². The van der Waals surface area contributed by atoms with E-state index in [4.69, 9.17) is 0 Å². The predicted octanol–water partition coefficient (Wildman–Crippen LogP) is 1.63. The van der Waals surface area contributed by atoms with Gasteiger partial charge in [-0.15, -0.1) is 0 Å². The van der Waals surface area contributed by atoms with E-state index in [-0.39, 0.29) is 5.91 Å². The number of rotatable bonds is 3. The molecule has 0 unspecified atom stereocenters. The van der Waals surface area contributed by atoms with Crippen LogP contribution in [0.5, 0.6) is 0 Å². The summed E-state index contributed by atoms with van der Waals surface area (Å²) in [6, 6.07) is 8.35. The SMILES string of the molecule is Cc1cccc(Cn2ccnc2C(=O)N2CCN(C)CC2)c1. The minimum Gasteiger partial charge on any atom is -0.333 e. The molecule has 2 heterocycles. The number of likely N-dealkylation sites (N-methyl/N-ethyl adjacent to an activating group) is 1. The van der Waals surface area contributed by atoms with Crippen LogP contribution in [0.3, 0.4) is 0 Å². The van der Waals surface area contributed by atoms with Gasteiger partial charge in [0.25, 0.3) is 5.91 Å². The number of imidazole rings is 1. The van der Waals surface area contributed by atoms with Gasteiger partial charge in [-0.1, -0.05) is 29.8 Å². The zero-order chi connectivity index (χ0) is 15.5. The molecule has 0 spiro atoms. The van der Waals surface area contributed by atoms with Crippen LogP contribution in [0.15, 0.2) is 36.7 Å². The van der Waals surface area contributed by atoms with Crippen LogP contribution in [0.25, 0.3) is 0 Å². The maximum absolute atomic E-state index is 12.7. The molecule has 0 atom stereocenters. The average molecular weight is 298 g/mol. The summed E-state index contributed by atoms with van der Waals surface area (Å²) < 4.78 is 1.94. The van der Waals surface area contributed by atoms with Gasteiger partial charge in [-0.25, -0.2) is 4.98 Å². The Morgan fingerprint density at radius 1 is 1.23 bits per heavy atom. The fourth-order valence-electron chi connectivity index (χ4n) is 2.79. The predicted molar refractivity (Wildman–Crippen MR) is 85.9 cm³/mol. The molecule has 116 valence electrons. The number of carbonyl (C=O) groups excluding carboxylic acids is 1. The number of nitrogens with zero attached hydrogens (tertiary/aromatic N) is 4. The third kappa shape index (κ3) is 3.20. The van der Waals surface area contributed by atoms with Gasteiger partial charge in [-0.3, -0.25) is 4.79 Å². The Morgan fingerprint density at radius 2 is 2.00 bits per heavy atom. The van der Waals surface area contributed by atoms with Crippen molar-refractivity contribution in [2.75, 3.05) is 33.2 Å². The molecule has 1 aromatic carbocycles. The summed E-state index contributed by atoms with van der Waals surface area (Å²) in [5.41, 5.74) is 2.41. The molecular formula is C17H22N4O. The van der Waals surface area contributed by atoms with E-state index < -0.39 is 0 Å². The molecule has 2 aromatic rings. The molecule has 0 N–H and O–H groups in total.